The van der Waals surface area contributed by atoms with E-state index in [9.17, 15) is 13.2 Å². The summed E-state index contributed by atoms with van der Waals surface area (Å²) in [5.41, 5.74) is 2.64. The predicted molar refractivity (Wildman–Crippen MR) is 117 cm³/mol. The van der Waals surface area contributed by atoms with Crippen LogP contribution >= 0.6 is 0 Å². The van der Waals surface area contributed by atoms with Crippen molar-refractivity contribution in [1.29, 1.82) is 0 Å². The Hall–Kier alpha value is -3.52. The van der Waals surface area contributed by atoms with E-state index in [1.165, 1.54) is 24.3 Å². The molecule has 0 aliphatic heterocycles. The molecule has 0 fully saturated rings. The molecule has 3 rings (SSSR count). The van der Waals surface area contributed by atoms with E-state index < -0.39 is 16.1 Å². The molecule has 0 spiro atoms. The molecule has 3 aromatic carbocycles. The van der Waals surface area contributed by atoms with Crippen molar-refractivity contribution in [2.24, 2.45) is 0 Å². The van der Waals surface area contributed by atoms with E-state index in [2.05, 4.69) is 15.4 Å². The van der Waals surface area contributed by atoms with E-state index in [0.717, 1.165) is 5.69 Å². The zero-order valence-corrected chi connectivity index (χ0v) is 16.9. The van der Waals surface area contributed by atoms with Gasteiger partial charge >= 0.3 is 6.03 Å². The van der Waals surface area contributed by atoms with Crippen LogP contribution in [0.25, 0.3) is 0 Å². The van der Waals surface area contributed by atoms with Gasteiger partial charge in [0.1, 0.15) is 0 Å². The Morgan fingerprint density at radius 3 is 1.76 bits per heavy atom. The second kappa shape index (κ2) is 8.66. The number of para-hydroxylation sites is 1. The first-order valence-corrected chi connectivity index (χ1v) is 10.4. The van der Waals surface area contributed by atoms with Gasteiger partial charge in [0.2, 0.25) is 0 Å². The van der Waals surface area contributed by atoms with Crippen molar-refractivity contribution in [3.63, 3.8) is 0 Å². The highest BCUT2D eigenvalue weighted by Gasteiger charge is 2.14. The van der Waals surface area contributed by atoms with Crippen LogP contribution in [-0.4, -0.2) is 28.5 Å². The molecule has 0 saturated carbocycles. The number of anilines is 4. The molecule has 7 nitrogen and oxygen atoms in total. The molecule has 8 heteroatoms. The summed E-state index contributed by atoms with van der Waals surface area (Å²) in [5.74, 6) is 0. The highest BCUT2D eigenvalue weighted by molar-refractivity contribution is 7.92. The number of amides is 2. The van der Waals surface area contributed by atoms with Crippen LogP contribution in [0.1, 0.15) is 0 Å². The maximum atomic E-state index is 12.4. The number of urea groups is 1. The Morgan fingerprint density at radius 1 is 0.724 bits per heavy atom. The highest BCUT2D eigenvalue weighted by Crippen LogP contribution is 2.19. The maximum absolute atomic E-state index is 12.4. The van der Waals surface area contributed by atoms with E-state index in [4.69, 9.17) is 0 Å². The average Bonchev–Trinajstić information content (AvgIpc) is 2.69. The minimum atomic E-state index is -3.70. The summed E-state index contributed by atoms with van der Waals surface area (Å²) in [4.78, 5) is 14.2. The fraction of sp³-hybridized carbons (Fsp3) is 0.0952. The SMILES string of the molecule is CN(C)c1ccc(NC(=O)Nc2ccc(S(=O)(=O)Nc3ccccc3)cc2)cc1. The van der Waals surface area contributed by atoms with Crippen molar-refractivity contribution in [2.75, 3.05) is 34.4 Å². The van der Waals surface area contributed by atoms with Crippen molar-refractivity contribution in [3.05, 3.63) is 78.9 Å². The van der Waals surface area contributed by atoms with Gasteiger partial charge in [0, 0.05) is 36.8 Å². The summed E-state index contributed by atoms with van der Waals surface area (Å²) in [5, 5.41) is 5.42. The number of carbonyl (C=O) groups excluding carboxylic acids is 1. The van der Waals surface area contributed by atoms with E-state index in [-0.39, 0.29) is 4.90 Å². The highest BCUT2D eigenvalue weighted by atomic mass is 32.2. The molecule has 0 aromatic heterocycles. The Morgan fingerprint density at radius 2 is 1.24 bits per heavy atom. The smallest absolute Gasteiger partial charge is 0.323 e. The number of benzene rings is 3. The van der Waals surface area contributed by atoms with Crippen molar-refractivity contribution < 1.29 is 13.2 Å². The average molecular weight is 410 g/mol. The van der Waals surface area contributed by atoms with Crippen LogP contribution in [0.3, 0.4) is 0 Å². The molecule has 0 atom stereocenters. The van der Waals surface area contributed by atoms with Crippen molar-refractivity contribution in [1.82, 2.24) is 0 Å². The molecule has 0 saturated heterocycles. The minimum absolute atomic E-state index is 0.103. The molecule has 29 heavy (non-hydrogen) atoms. The van der Waals surface area contributed by atoms with Gasteiger partial charge in [-0.25, -0.2) is 13.2 Å². The number of sulfonamides is 1. The number of carbonyl (C=O) groups is 1. The summed E-state index contributed by atoms with van der Waals surface area (Å²) in [7, 11) is 0.177. The Bertz CT molecular complexity index is 1070. The Kier molecular flexibility index (Phi) is 6.04. The lowest BCUT2D eigenvalue weighted by molar-refractivity contribution is 0.262. The molecule has 0 bridgehead atoms. The summed E-state index contributed by atoms with van der Waals surface area (Å²) in [6.45, 7) is 0. The second-order valence-corrected chi connectivity index (χ2v) is 8.20. The summed E-state index contributed by atoms with van der Waals surface area (Å²) in [6, 6.07) is 21.6. The molecule has 3 aromatic rings. The monoisotopic (exact) mass is 410 g/mol. The lowest BCUT2D eigenvalue weighted by Gasteiger charge is -2.13. The molecule has 0 unspecified atom stereocenters. The van der Waals surface area contributed by atoms with Gasteiger partial charge in [0.15, 0.2) is 0 Å². The van der Waals surface area contributed by atoms with Crippen LogP contribution in [0.15, 0.2) is 83.8 Å². The number of nitrogens with zero attached hydrogens (tertiary/aromatic N) is 1. The van der Waals surface area contributed by atoms with Crippen LogP contribution in [0.5, 0.6) is 0 Å². The quantitative estimate of drug-likeness (QED) is 0.568. The molecule has 0 aliphatic rings. The lowest BCUT2D eigenvalue weighted by Crippen LogP contribution is -2.19. The predicted octanol–water partition coefficient (Wildman–Crippen LogP) is 4.20. The maximum Gasteiger partial charge on any atom is 0.323 e. The molecule has 0 radical (unpaired) electrons. The molecule has 3 N–H and O–H groups in total. The minimum Gasteiger partial charge on any atom is -0.378 e. The Labute approximate surface area is 170 Å². The van der Waals surface area contributed by atoms with Gasteiger partial charge in [0.05, 0.1) is 4.90 Å². The van der Waals surface area contributed by atoms with Gasteiger partial charge in [-0.15, -0.1) is 0 Å². The molecular weight excluding hydrogens is 388 g/mol. The van der Waals surface area contributed by atoms with Gasteiger partial charge < -0.3 is 15.5 Å². The summed E-state index contributed by atoms with van der Waals surface area (Å²) < 4.78 is 27.4. The number of nitrogens with one attached hydrogen (secondary N) is 3. The van der Waals surface area contributed by atoms with Crippen molar-refractivity contribution in [3.8, 4) is 0 Å². The first-order valence-electron chi connectivity index (χ1n) is 8.87. The van der Waals surface area contributed by atoms with Crippen LogP contribution < -0.4 is 20.3 Å². The molecule has 2 amide bonds. The zero-order valence-electron chi connectivity index (χ0n) is 16.1. The number of hydrogen-bond acceptors (Lipinski definition) is 4. The third-order valence-electron chi connectivity index (χ3n) is 4.09. The van der Waals surface area contributed by atoms with Crippen LogP contribution in [0.2, 0.25) is 0 Å². The number of hydrogen-bond donors (Lipinski definition) is 3. The largest absolute Gasteiger partial charge is 0.378 e. The van der Waals surface area contributed by atoms with Crippen LogP contribution in [-0.2, 0) is 10.0 Å². The van der Waals surface area contributed by atoms with Gasteiger partial charge in [-0.2, -0.15) is 0 Å². The first-order chi connectivity index (χ1) is 13.8. The standard InChI is InChI=1S/C21H22N4O3S/c1-25(2)19-12-8-16(9-13-19)22-21(26)23-17-10-14-20(15-11-17)29(27,28)24-18-6-4-3-5-7-18/h3-15,24H,1-2H3,(H2,22,23,26). The fourth-order valence-corrected chi connectivity index (χ4v) is 3.63. The molecular formula is C21H22N4O3S. The number of rotatable bonds is 6. The summed E-state index contributed by atoms with van der Waals surface area (Å²) >= 11 is 0. The fourth-order valence-electron chi connectivity index (χ4n) is 2.57. The normalized spacial score (nSPS) is 10.8. The summed E-state index contributed by atoms with van der Waals surface area (Å²) in [6.07, 6.45) is 0. The topological polar surface area (TPSA) is 90.5 Å². The molecule has 150 valence electrons. The van der Waals surface area contributed by atoms with E-state index in [1.807, 2.05) is 31.1 Å². The van der Waals surface area contributed by atoms with Gasteiger partial charge in [0.25, 0.3) is 10.0 Å². The molecule has 0 aliphatic carbocycles. The van der Waals surface area contributed by atoms with E-state index in [1.54, 1.807) is 42.5 Å². The van der Waals surface area contributed by atoms with Crippen LogP contribution in [0, 0.1) is 0 Å². The third-order valence-corrected chi connectivity index (χ3v) is 5.49. The van der Waals surface area contributed by atoms with E-state index in [0.29, 0.717) is 17.1 Å². The Balaban J connectivity index is 1.61. The zero-order chi connectivity index (χ0) is 20.9. The van der Waals surface area contributed by atoms with Crippen molar-refractivity contribution >= 4 is 38.8 Å². The first kappa shape index (κ1) is 20.2. The van der Waals surface area contributed by atoms with Gasteiger partial charge in [-0.1, -0.05) is 18.2 Å². The van der Waals surface area contributed by atoms with Crippen molar-refractivity contribution in [2.45, 2.75) is 4.90 Å². The molecule has 0 heterocycles. The lowest BCUT2D eigenvalue weighted by atomic mass is 10.2. The third kappa shape index (κ3) is 5.49. The van der Waals surface area contributed by atoms with Crippen LogP contribution in [0.4, 0.5) is 27.5 Å². The van der Waals surface area contributed by atoms with Gasteiger partial charge in [-0.3, -0.25) is 4.72 Å². The van der Waals surface area contributed by atoms with E-state index >= 15 is 0 Å². The second-order valence-electron chi connectivity index (χ2n) is 6.52. The van der Waals surface area contributed by atoms with Gasteiger partial charge in [-0.05, 0) is 60.7 Å².